The molecule has 1 aromatic rings. The minimum absolute atomic E-state index is 0.384. The van der Waals surface area contributed by atoms with Crippen molar-refractivity contribution in [2.75, 3.05) is 0 Å². The van der Waals surface area contributed by atoms with Crippen molar-refractivity contribution < 1.29 is 9.90 Å². The molecular weight excluding hydrogens is 293 g/mol. The first-order valence-electron chi connectivity index (χ1n) is 4.63. The molecule has 14 heavy (non-hydrogen) atoms. The molecule has 0 radical (unpaired) electrons. The van der Waals surface area contributed by atoms with E-state index < -0.39 is 5.97 Å². The van der Waals surface area contributed by atoms with E-state index in [1.54, 1.807) is 6.07 Å². The van der Waals surface area contributed by atoms with Gasteiger partial charge in [0.1, 0.15) is 5.69 Å². The third kappa shape index (κ3) is 2.73. The molecule has 1 N–H and O–H groups in total. The maximum Gasteiger partial charge on any atom is 0.352 e. The lowest BCUT2D eigenvalue weighted by Crippen LogP contribution is -2.12. The Morgan fingerprint density at radius 2 is 2.36 bits per heavy atom. The highest BCUT2D eigenvalue weighted by Crippen LogP contribution is 2.14. The molecule has 0 aliphatic heterocycles. The van der Waals surface area contributed by atoms with E-state index >= 15 is 0 Å². The van der Waals surface area contributed by atoms with Gasteiger partial charge in [-0.3, -0.25) is 0 Å². The highest BCUT2D eigenvalue weighted by molar-refractivity contribution is 14.1. The van der Waals surface area contributed by atoms with E-state index in [4.69, 9.17) is 5.11 Å². The van der Waals surface area contributed by atoms with E-state index in [9.17, 15) is 4.79 Å². The molecule has 3 nitrogen and oxygen atoms in total. The molecule has 0 aromatic carbocycles. The quantitative estimate of drug-likeness (QED) is 0.869. The number of carboxylic acid groups (broad SMARTS) is 1. The van der Waals surface area contributed by atoms with E-state index in [0.29, 0.717) is 11.6 Å². The second-order valence-electron chi connectivity index (χ2n) is 3.51. The molecule has 0 saturated carbocycles. The molecule has 1 rings (SSSR count). The SMILES string of the molecule is CCC(C)Cn1cc(I)cc1C(=O)O. The van der Waals surface area contributed by atoms with Crippen LogP contribution in [-0.2, 0) is 6.54 Å². The molecule has 1 aromatic heterocycles. The molecular formula is C10H14INO2. The summed E-state index contributed by atoms with van der Waals surface area (Å²) in [4.78, 5) is 10.9. The van der Waals surface area contributed by atoms with Gasteiger partial charge in [0.25, 0.3) is 0 Å². The van der Waals surface area contributed by atoms with Gasteiger partial charge in [-0.15, -0.1) is 0 Å². The van der Waals surface area contributed by atoms with Crippen LogP contribution < -0.4 is 0 Å². The van der Waals surface area contributed by atoms with Gasteiger partial charge in [0.15, 0.2) is 0 Å². The van der Waals surface area contributed by atoms with Crippen molar-refractivity contribution in [2.24, 2.45) is 5.92 Å². The largest absolute Gasteiger partial charge is 0.477 e. The number of carbonyl (C=O) groups is 1. The third-order valence-electron chi connectivity index (χ3n) is 2.29. The summed E-state index contributed by atoms with van der Waals surface area (Å²) >= 11 is 2.13. The fourth-order valence-corrected chi connectivity index (χ4v) is 1.90. The van der Waals surface area contributed by atoms with Gasteiger partial charge in [-0.1, -0.05) is 20.3 Å². The van der Waals surface area contributed by atoms with Gasteiger partial charge in [0, 0.05) is 16.3 Å². The molecule has 0 bridgehead atoms. The number of nitrogens with zero attached hydrogens (tertiary/aromatic N) is 1. The van der Waals surface area contributed by atoms with Gasteiger partial charge >= 0.3 is 5.97 Å². The van der Waals surface area contributed by atoms with E-state index in [0.717, 1.165) is 16.5 Å². The average Bonchev–Trinajstić information content (AvgIpc) is 2.46. The molecule has 0 aliphatic rings. The maximum atomic E-state index is 10.9. The number of aromatic carboxylic acids is 1. The van der Waals surface area contributed by atoms with Crippen LogP contribution in [-0.4, -0.2) is 15.6 Å². The molecule has 4 heteroatoms. The highest BCUT2D eigenvalue weighted by atomic mass is 127. The summed E-state index contributed by atoms with van der Waals surface area (Å²) < 4.78 is 2.79. The number of hydrogen-bond donors (Lipinski definition) is 1. The summed E-state index contributed by atoms with van der Waals surface area (Å²) in [5, 5.41) is 8.94. The molecule has 0 spiro atoms. The minimum atomic E-state index is -0.851. The van der Waals surface area contributed by atoms with E-state index in [-0.39, 0.29) is 0 Å². The Kier molecular flexibility index (Phi) is 3.97. The zero-order valence-electron chi connectivity index (χ0n) is 8.33. The third-order valence-corrected chi connectivity index (χ3v) is 2.88. The van der Waals surface area contributed by atoms with Crippen LogP contribution in [0.25, 0.3) is 0 Å². The van der Waals surface area contributed by atoms with Crippen molar-refractivity contribution in [3.63, 3.8) is 0 Å². The second kappa shape index (κ2) is 4.82. The van der Waals surface area contributed by atoms with Crippen LogP contribution in [0.2, 0.25) is 0 Å². The van der Waals surface area contributed by atoms with Gasteiger partial charge in [0.2, 0.25) is 0 Å². The Morgan fingerprint density at radius 1 is 1.71 bits per heavy atom. The predicted molar refractivity (Wildman–Crippen MR) is 63.6 cm³/mol. The summed E-state index contributed by atoms with van der Waals surface area (Å²) in [5.41, 5.74) is 0.384. The summed E-state index contributed by atoms with van der Waals surface area (Å²) in [7, 11) is 0. The number of carboxylic acids is 1. The van der Waals surface area contributed by atoms with Gasteiger partial charge in [-0.05, 0) is 34.6 Å². The zero-order valence-corrected chi connectivity index (χ0v) is 10.5. The molecule has 0 saturated heterocycles. The van der Waals surface area contributed by atoms with Gasteiger partial charge in [-0.25, -0.2) is 4.79 Å². The lowest BCUT2D eigenvalue weighted by Gasteiger charge is -2.11. The van der Waals surface area contributed by atoms with Crippen molar-refractivity contribution in [1.29, 1.82) is 0 Å². The summed E-state index contributed by atoms with van der Waals surface area (Å²) in [6, 6.07) is 1.70. The lowest BCUT2D eigenvalue weighted by atomic mass is 10.1. The highest BCUT2D eigenvalue weighted by Gasteiger charge is 2.12. The Balaban J connectivity index is 2.89. The Labute approximate surface area is 97.3 Å². The second-order valence-corrected chi connectivity index (χ2v) is 4.76. The maximum absolute atomic E-state index is 10.9. The molecule has 1 unspecified atom stereocenters. The Morgan fingerprint density at radius 3 is 2.86 bits per heavy atom. The smallest absolute Gasteiger partial charge is 0.352 e. The van der Waals surface area contributed by atoms with Crippen LogP contribution in [0, 0.1) is 9.49 Å². The molecule has 1 atom stereocenters. The van der Waals surface area contributed by atoms with Gasteiger partial charge in [0.05, 0.1) is 0 Å². The molecule has 0 aliphatic carbocycles. The van der Waals surface area contributed by atoms with Crippen molar-refractivity contribution >= 4 is 28.6 Å². The van der Waals surface area contributed by atoms with E-state index in [2.05, 4.69) is 36.4 Å². The summed E-state index contributed by atoms with van der Waals surface area (Å²) in [5.74, 6) is -0.340. The van der Waals surface area contributed by atoms with Crippen LogP contribution in [0.5, 0.6) is 0 Å². The number of halogens is 1. The summed E-state index contributed by atoms with van der Waals surface area (Å²) in [6.45, 7) is 5.01. The van der Waals surface area contributed by atoms with Crippen molar-refractivity contribution in [3.05, 3.63) is 21.5 Å². The van der Waals surface area contributed by atoms with Crippen LogP contribution in [0.15, 0.2) is 12.3 Å². The molecule has 0 amide bonds. The lowest BCUT2D eigenvalue weighted by molar-refractivity contribution is 0.0684. The number of aromatic nitrogens is 1. The van der Waals surface area contributed by atoms with Gasteiger partial charge in [-0.2, -0.15) is 0 Å². The predicted octanol–water partition coefficient (Wildman–Crippen LogP) is 2.84. The normalized spacial score (nSPS) is 12.8. The molecule has 78 valence electrons. The van der Waals surface area contributed by atoms with Gasteiger partial charge < -0.3 is 9.67 Å². The topological polar surface area (TPSA) is 42.2 Å². The standard InChI is InChI=1S/C10H14INO2/c1-3-7(2)5-12-6-8(11)4-9(12)10(13)14/h4,6-7H,3,5H2,1-2H3,(H,13,14). The van der Waals surface area contributed by atoms with Crippen molar-refractivity contribution in [2.45, 2.75) is 26.8 Å². The monoisotopic (exact) mass is 307 g/mol. The molecule has 1 heterocycles. The minimum Gasteiger partial charge on any atom is -0.477 e. The summed E-state index contributed by atoms with van der Waals surface area (Å²) in [6.07, 6.45) is 2.95. The van der Waals surface area contributed by atoms with Crippen LogP contribution >= 0.6 is 22.6 Å². The zero-order chi connectivity index (χ0) is 10.7. The number of rotatable bonds is 4. The van der Waals surface area contributed by atoms with Crippen molar-refractivity contribution in [1.82, 2.24) is 4.57 Å². The van der Waals surface area contributed by atoms with Crippen LogP contribution in [0.4, 0.5) is 0 Å². The average molecular weight is 307 g/mol. The van der Waals surface area contributed by atoms with E-state index in [1.807, 2.05) is 10.8 Å². The molecule has 0 fully saturated rings. The van der Waals surface area contributed by atoms with Crippen molar-refractivity contribution in [3.8, 4) is 0 Å². The Hall–Kier alpha value is -0.520. The van der Waals surface area contributed by atoms with Crippen LogP contribution in [0.3, 0.4) is 0 Å². The van der Waals surface area contributed by atoms with E-state index in [1.165, 1.54) is 0 Å². The first-order valence-corrected chi connectivity index (χ1v) is 5.71. The number of hydrogen-bond acceptors (Lipinski definition) is 1. The first kappa shape index (κ1) is 11.6. The Bertz CT molecular complexity index is 333. The fourth-order valence-electron chi connectivity index (χ4n) is 1.27. The fraction of sp³-hybridized carbons (Fsp3) is 0.500. The first-order chi connectivity index (χ1) is 6.54. The van der Waals surface area contributed by atoms with Crippen LogP contribution in [0.1, 0.15) is 30.8 Å².